The van der Waals surface area contributed by atoms with Crippen LogP contribution in [0.1, 0.15) is 12.0 Å². The van der Waals surface area contributed by atoms with Crippen LogP contribution < -0.4 is 10.6 Å². The van der Waals surface area contributed by atoms with E-state index in [0.717, 1.165) is 22.1 Å². The summed E-state index contributed by atoms with van der Waals surface area (Å²) in [6.07, 6.45) is 1.22. The first-order valence-corrected chi connectivity index (χ1v) is 5.92. The van der Waals surface area contributed by atoms with Gasteiger partial charge in [-0.3, -0.25) is 4.79 Å². The Morgan fingerprint density at radius 2 is 2.19 bits per heavy atom. The lowest BCUT2D eigenvalue weighted by atomic mass is 10.0. The summed E-state index contributed by atoms with van der Waals surface area (Å²) in [6.45, 7) is 0.286. The number of nitrogens with two attached hydrogens (primary N) is 1. The van der Waals surface area contributed by atoms with Crippen LogP contribution in [0.4, 0.5) is 11.4 Å². The van der Waals surface area contributed by atoms with Gasteiger partial charge in [0.2, 0.25) is 5.91 Å². The SMILES string of the molecule is Nc1cc2c(cc1Br)CCC(=O)N2CCO. The molecule has 0 bridgehead atoms. The highest BCUT2D eigenvalue weighted by molar-refractivity contribution is 9.10. The number of halogens is 1. The quantitative estimate of drug-likeness (QED) is 0.805. The summed E-state index contributed by atoms with van der Waals surface area (Å²) in [7, 11) is 0. The number of anilines is 2. The molecule has 1 aliphatic rings. The molecule has 0 spiro atoms. The largest absolute Gasteiger partial charge is 0.398 e. The van der Waals surface area contributed by atoms with Gasteiger partial charge in [0, 0.05) is 28.8 Å². The normalized spacial score (nSPS) is 15.1. The third kappa shape index (κ3) is 1.92. The zero-order valence-corrected chi connectivity index (χ0v) is 10.3. The number of hydrogen-bond acceptors (Lipinski definition) is 3. The molecule has 5 heteroatoms. The molecule has 3 N–H and O–H groups in total. The standard InChI is InChI=1S/C11H13BrN2O2/c12-8-5-7-1-2-11(16)14(3-4-15)10(7)6-9(8)13/h5-6,15H,1-4,13H2. The number of rotatable bonds is 2. The van der Waals surface area contributed by atoms with Gasteiger partial charge in [-0.15, -0.1) is 0 Å². The molecule has 1 heterocycles. The van der Waals surface area contributed by atoms with Crippen LogP contribution in [0.25, 0.3) is 0 Å². The number of carbonyl (C=O) groups excluding carboxylic acids is 1. The maximum atomic E-state index is 11.7. The van der Waals surface area contributed by atoms with Crippen molar-refractivity contribution in [3.8, 4) is 0 Å². The molecule has 0 atom stereocenters. The first-order chi connectivity index (χ1) is 7.63. The fourth-order valence-electron chi connectivity index (χ4n) is 1.93. The second-order valence-electron chi connectivity index (χ2n) is 3.77. The van der Waals surface area contributed by atoms with Gasteiger partial charge >= 0.3 is 0 Å². The van der Waals surface area contributed by atoms with Crippen LogP contribution in [0.3, 0.4) is 0 Å². The lowest BCUT2D eigenvalue weighted by molar-refractivity contribution is -0.119. The fourth-order valence-corrected chi connectivity index (χ4v) is 2.32. The predicted molar refractivity (Wildman–Crippen MR) is 66.3 cm³/mol. The zero-order chi connectivity index (χ0) is 11.7. The van der Waals surface area contributed by atoms with E-state index in [0.29, 0.717) is 18.7 Å². The third-order valence-electron chi connectivity index (χ3n) is 2.72. The first-order valence-electron chi connectivity index (χ1n) is 5.12. The maximum Gasteiger partial charge on any atom is 0.227 e. The van der Waals surface area contributed by atoms with E-state index >= 15 is 0 Å². The number of fused-ring (bicyclic) bond motifs is 1. The number of carbonyl (C=O) groups is 1. The van der Waals surface area contributed by atoms with Crippen LogP contribution in [0.2, 0.25) is 0 Å². The van der Waals surface area contributed by atoms with Gasteiger partial charge in [-0.25, -0.2) is 0 Å². The molecule has 0 aromatic heterocycles. The Hall–Kier alpha value is -1.07. The Morgan fingerprint density at radius 1 is 1.44 bits per heavy atom. The minimum Gasteiger partial charge on any atom is -0.398 e. The molecule has 2 rings (SSSR count). The van der Waals surface area contributed by atoms with Gasteiger partial charge in [0.1, 0.15) is 0 Å². The van der Waals surface area contributed by atoms with Gasteiger partial charge < -0.3 is 15.7 Å². The Kier molecular flexibility index (Phi) is 3.16. The Bertz CT molecular complexity index is 434. The van der Waals surface area contributed by atoms with Gasteiger partial charge in [0.15, 0.2) is 0 Å². The fraction of sp³-hybridized carbons (Fsp3) is 0.364. The highest BCUT2D eigenvalue weighted by Gasteiger charge is 2.24. The molecule has 1 aliphatic heterocycles. The van der Waals surface area contributed by atoms with E-state index in [1.165, 1.54) is 0 Å². The number of amides is 1. The molecule has 0 aliphatic carbocycles. The van der Waals surface area contributed by atoms with Crippen molar-refractivity contribution in [2.75, 3.05) is 23.8 Å². The van der Waals surface area contributed by atoms with Crippen molar-refractivity contribution >= 4 is 33.2 Å². The van der Waals surface area contributed by atoms with E-state index in [1.54, 1.807) is 11.0 Å². The molecule has 0 fully saturated rings. The zero-order valence-electron chi connectivity index (χ0n) is 8.74. The van der Waals surface area contributed by atoms with Gasteiger partial charge in [-0.2, -0.15) is 0 Å². The number of aliphatic hydroxyl groups is 1. The molecule has 1 aromatic carbocycles. The van der Waals surface area contributed by atoms with E-state index in [1.807, 2.05) is 6.07 Å². The topological polar surface area (TPSA) is 66.6 Å². The smallest absolute Gasteiger partial charge is 0.227 e. The Balaban J connectivity index is 2.46. The van der Waals surface area contributed by atoms with Gasteiger partial charge in [-0.1, -0.05) is 0 Å². The minimum atomic E-state index is -0.0405. The third-order valence-corrected chi connectivity index (χ3v) is 3.41. The van der Waals surface area contributed by atoms with Gasteiger partial charge in [0.05, 0.1) is 6.61 Å². The number of nitrogen functional groups attached to an aromatic ring is 1. The first kappa shape index (κ1) is 11.4. The van der Waals surface area contributed by atoms with Crippen molar-refractivity contribution in [3.05, 3.63) is 22.2 Å². The molecule has 86 valence electrons. The number of β-amino-alcohol motifs (C(OH)–C–C–N with tert-alkyl or cyclic N) is 1. The van der Waals surface area contributed by atoms with Crippen LogP contribution >= 0.6 is 15.9 Å². The van der Waals surface area contributed by atoms with E-state index in [-0.39, 0.29) is 12.5 Å². The Labute approximate surface area is 102 Å². The second kappa shape index (κ2) is 4.43. The predicted octanol–water partition coefficient (Wildman–Crippen LogP) is 1.30. The molecule has 0 unspecified atom stereocenters. The van der Waals surface area contributed by atoms with E-state index in [2.05, 4.69) is 15.9 Å². The van der Waals surface area contributed by atoms with Crippen molar-refractivity contribution in [3.63, 3.8) is 0 Å². The maximum absolute atomic E-state index is 11.7. The lowest BCUT2D eigenvalue weighted by Gasteiger charge is -2.29. The molecule has 0 saturated carbocycles. The summed E-state index contributed by atoms with van der Waals surface area (Å²) in [5.74, 6) is 0.0447. The van der Waals surface area contributed by atoms with Crippen LogP contribution in [0.5, 0.6) is 0 Å². The number of benzene rings is 1. The minimum absolute atomic E-state index is 0.0405. The number of hydrogen-bond donors (Lipinski definition) is 2. The summed E-state index contributed by atoms with van der Waals surface area (Å²) in [5, 5.41) is 8.95. The number of aryl methyl sites for hydroxylation is 1. The van der Waals surface area contributed by atoms with Crippen LogP contribution in [-0.2, 0) is 11.2 Å². The van der Waals surface area contributed by atoms with E-state index in [4.69, 9.17) is 10.8 Å². The van der Waals surface area contributed by atoms with Crippen molar-refractivity contribution in [1.29, 1.82) is 0 Å². The number of aliphatic hydroxyl groups excluding tert-OH is 1. The van der Waals surface area contributed by atoms with Gasteiger partial charge in [0.25, 0.3) is 0 Å². The monoisotopic (exact) mass is 284 g/mol. The highest BCUT2D eigenvalue weighted by atomic mass is 79.9. The molecular weight excluding hydrogens is 272 g/mol. The molecule has 1 amide bonds. The molecule has 0 radical (unpaired) electrons. The van der Waals surface area contributed by atoms with Crippen molar-refractivity contribution in [2.24, 2.45) is 0 Å². The summed E-state index contributed by atoms with van der Waals surface area (Å²) < 4.78 is 0.851. The van der Waals surface area contributed by atoms with Crippen molar-refractivity contribution in [1.82, 2.24) is 0 Å². The number of nitrogens with zero attached hydrogens (tertiary/aromatic N) is 1. The molecule has 1 aromatic rings. The van der Waals surface area contributed by atoms with Crippen LogP contribution in [-0.4, -0.2) is 24.2 Å². The second-order valence-corrected chi connectivity index (χ2v) is 4.63. The van der Waals surface area contributed by atoms with E-state index in [9.17, 15) is 4.79 Å². The average molecular weight is 285 g/mol. The van der Waals surface area contributed by atoms with Gasteiger partial charge in [-0.05, 0) is 40.0 Å². The lowest BCUT2D eigenvalue weighted by Crippen LogP contribution is -2.37. The average Bonchev–Trinajstić information content (AvgIpc) is 2.25. The summed E-state index contributed by atoms with van der Waals surface area (Å²) in [5.41, 5.74) is 8.32. The van der Waals surface area contributed by atoms with Crippen molar-refractivity contribution in [2.45, 2.75) is 12.8 Å². The molecule has 16 heavy (non-hydrogen) atoms. The summed E-state index contributed by atoms with van der Waals surface area (Å²) in [6, 6.07) is 3.73. The molecular formula is C11H13BrN2O2. The van der Waals surface area contributed by atoms with Crippen LogP contribution in [0, 0.1) is 0 Å². The molecule has 0 saturated heterocycles. The van der Waals surface area contributed by atoms with Crippen molar-refractivity contribution < 1.29 is 9.90 Å². The van der Waals surface area contributed by atoms with E-state index < -0.39 is 0 Å². The Morgan fingerprint density at radius 3 is 2.88 bits per heavy atom. The highest BCUT2D eigenvalue weighted by Crippen LogP contribution is 2.33. The molecule has 4 nitrogen and oxygen atoms in total. The van der Waals surface area contributed by atoms with Crippen LogP contribution in [0.15, 0.2) is 16.6 Å². The summed E-state index contributed by atoms with van der Waals surface area (Å²) in [4.78, 5) is 13.3. The summed E-state index contributed by atoms with van der Waals surface area (Å²) >= 11 is 3.37.